The van der Waals surface area contributed by atoms with Crippen LogP contribution in [0, 0.1) is 6.92 Å². The van der Waals surface area contributed by atoms with Crippen LogP contribution in [-0.2, 0) is 14.8 Å². The highest BCUT2D eigenvalue weighted by Gasteiger charge is 2.28. The minimum Gasteiger partial charge on any atom is -0.465 e. The second-order valence-electron chi connectivity index (χ2n) is 6.23. The number of amides is 1. The summed E-state index contributed by atoms with van der Waals surface area (Å²) in [6, 6.07) is 11.4. The van der Waals surface area contributed by atoms with E-state index in [9.17, 15) is 18.0 Å². The molecule has 3 rings (SSSR count). The highest BCUT2D eigenvalue weighted by molar-refractivity contribution is 7.93. The van der Waals surface area contributed by atoms with Crippen molar-refractivity contribution in [3.63, 3.8) is 0 Å². The van der Waals surface area contributed by atoms with E-state index in [1.54, 1.807) is 43.3 Å². The number of methoxy groups -OCH3 is 1. The number of benzene rings is 2. The zero-order chi connectivity index (χ0) is 19.6. The first-order valence-electron chi connectivity index (χ1n) is 8.43. The van der Waals surface area contributed by atoms with Crippen molar-refractivity contribution in [2.45, 2.75) is 13.3 Å². The molecule has 2 aromatic rings. The Morgan fingerprint density at radius 2 is 1.81 bits per heavy atom. The van der Waals surface area contributed by atoms with Crippen LogP contribution in [0.15, 0.2) is 42.5 Å². The van der Waals surface area contributed by atoms with Crippen molar-refractivity contribution in [2.24, 2.45) is 0 Å². The Hall–Kier alpha value is -2.87. The highest BCUT2D eigenvalue weighted by atomic mass is 32.2. The number of rotatable bonds is 4. The molecule has 1 N–H and O–H groups in total. The zero-order valence-corrected chi connectivity index (χ0v) is 15.9. The Balaban J connectivity index is 1.85. The van der Waals surface area contributed by atoms with Gasteiger partial charge in [0.15, 0.2) is 0 Å². The molecule has 0 radical (unpaired) electrons. The molecule has 0 spiro atoms. The van der Waals surface area contributed by atoms with E-state index >= 15 is 0 Å². The molecule has 142 valence electrons. The normalized spacial score (nSPS) is 15.4. The van der Waals surface area contributed by atoms with Gasteiger partial charge in [-0.3, -0.25) is 9.10 Å². The van der Waals surface area contributed by atoms with Gasteiger partial charge in [0.25, 0.3) is 5.91 Å². The Bertz CT molecular complexity index is 1000. The van der Waals surface area contributed by atoms with Crippen LogP contribution < -0.4 is 9.62 Å². The van der Waals surface area contributed by atoms with Gasteiger partial charge in [-0.25, -0.2) is 13.2 Å². The quantitative estimate of drug-likeness (QED) is 0.813. The molecule has 1 aliphatic rings. The molecule has 1 heterocycles. The van der Waals surface area contributed by atoms with Crippen LogP contribution in [-0.4, -0.2) is 39.7 Å². The van der Waals surface area contributed by atoms with Gasteiger partial charge in [-0.05, 0) is 49.2 Å². The van der Waals surface area contributed by atoms with Crippen LogP contribution >= 0.6 is 0 Å². The lowest BCUT2D eigenvalue weighted by Gasteiger charge is -2.19. The number of anilines is 2. The van der Waals surface area contributed by atoms with Crippen LogP contribution in [0.3, 0.4) is 0 Å². The smallest absolute Gasteiger partial charge is 0.338 e. The van der Waals surface area contributed by atoms with Crippen molar-refractivity contribution < 1.29 is 22.7 Å². The second kappa shape index (κ2) is 7.40. The molecular formula is C19H20N2O5S. The molecule has 1 aliphatic heterocycles. The third-order valence-electron chi connectivity index (χ3n) is 4.42. The Labute approximate surface area is 158 Å². The maximum Gasteiger partial charge on any atom is 0.338 e. The molecule has 7 nitrogen and oxygen atoms in total. The van der Waals surface area contributed by atoms with Crippen molar-refractivity contribution in [1.29, 1.82) is 0 Å². The summed E-state index contributed by atoms with van der Waals surface area (Å²) >= 11 is 0. The van der Waals surface area contributed by atoms with E-state index in [2.05, 4.69) is 5.32 Å². The number of sulfonamides is 1. The summed E-state index contributed by atoms with van der Waals surface area (Å²) in [5, 5.41) is 2.77. The molecule has 1 fully saturated rings. The molecule has 27 heavy (non-hydrogen) atoms. The van der Waals surface area contributed by atoms with Crippen LogP contribution in [0.25, 0.3) is 0 Å². The van der Waals surface area contributed by atoms with Crippen LogP contribution in [0.4, 0.5) is 11.4 Å². The van der Waals surface area contributed by atoms with E-state index in [0.29, 0.717) is 24.3 Å². The summed E-state index contributed by atoms with van der Waals surface area (Å²) in [4.78, 5) is 24.5. The minimum absolute atomic E-state index is 0.148. The number of carbonyl (C=O) groups excluding carboxylic acids is 2. The van der Waals surface area contributed by atoms with Crippen molar-refractivity contribution in [2.75, 3.05) is 29.0 Å². The third kappa shape index (κ3) is 3.80. The Kier molecular flexibility index (Phi) is 5.18. The number of nitrogens with zero attached hydrogens (tertiary/aromatic N) is 1. The number of nitrogens with one attached hydrogen (secondary N) is 1. The van der Waals surface area contributed by atoms with Crippen LogP contribution in [0.2, 0.25) is 0 Å². The summed E-state index contributed by atoms with van der Waals surface area (Å²) in [5.74, 6) is -0.887. The largest absolute Gasteiger partial charge is 0.465 e. The molecule has 1 amide bonds. The molecular weight excluding hydrogens is 368 g/mol. The van der Waals surface area contributed by atoms with Gasteiger partial charge in [-0.2, -0.15) is 0 Å². The topological polar surface area (TPSA) is 92.8 Å². The molecule has 0 saturated carbocycles. The second-order valence-corrected chi connectivity index (χ2v) is 8.25. The number of ether oxygens (including phenoxy) is 1. The van der Waals surface area contributed by atoms with Crippen molar-refractivity contribution >= 4 is 33.3 Å². The maximum absolute atomic E-state index is 12.6. The summed E-state index contributed by atoms with van der Waals surface area (Å²) in [6.07, 6.45) is 0.601. The molecule has 8 heteroatoms. The monoisotopic (exact) mass is 388 g/mol. The van der Waals surface area contributed by atoms with E-state index in [-0.39, 0.29) is 16.9 Å². The fourth-order valence-corrected chi connectivity index (χ4v) is 4.59. The number of carbonyl (C=O) groups is 2. The SMILES string of the molecule is COC(=O)c1ccccc1C(=O)Nc1ccc(N2CCCS2(=O)=O)cc1C. The van der Waals surface area contributed by atoms with E-state index in [1.165, 1.54) is 17.5 Å². The van der Waals surface area contributed by atoms with E-state index in [1.807, 2.05) is 0 Å². The number of esters is 1. The third-order valence-corrected chi connectivity index (χ3v) is 6.29. The van der Waals surface area contributed by atoms with E-state index < -0.39 is 21.9 Å². The van der Waals surface area contributed by atoms with E-state index in [0.717, 1.165) is 5.56 Å². The molecule has 0 atom stereocenters. The van der Waals surface area contributed by atoms with Gasteiger partial charge in [-0.1, -0.05) is 12.1 Å². The van der Waals surface area contributed by atoms with Crippen molar-refractivity contribution in [3.05, 3.63) is 59.2 Å². The van der Waals surface area contributed by atoms with E-state index in [4.69, 9.17) is 4.74 Å². The lowest BCUT2D eigenvalue weighted by molar-refractivity contribution is 0.0597. The fraction of sp³-hybridized carbons (Fsp3) is 0.263. The van der Waals surface area contributed by atoms with Crippen molar-refractivity contribution in [3.8, 4) is 0 Å². The summed E-state index contributed by atoms with van der Waals surface area (Å²) in [6.45, 7) is 2.24. The molecule has 1 saturated heterocycles. The molecule has 0 aliphatic carbocycles. The first-order chi connectivity index (χ1) is 12.8. The van der Waals surface area contributed by atoms with Crippen LogP contribution in [0.1, 0.15) is 32.7 Å². The summed E-state index contributed by atoms with van der Waals surface area (Å²) < 4.78 is 30.2. The summed E-state index contributed by atoms with van der Waals surface area (Å²) in [7, 11) is -2.00. The number of aryl methyl sites for hydroxylation is 1. The molecule has 2 aromatic carbocycles. The zero-order valence-electron chi connectivity index (χ0n) is 15.1. The first kappa shape index (κ1) is 18.9. The van der Waals surface area contributed by atoms with Gasteiger partial charge in [0.2, 0.25) is 10.0 Å². The Morgan fingerprint density at radius 3 is 2.41 bits per heavy atom. The van der Waals surface area contributed by atoms with Gasteiger partial charge in [0.05, 0.1) is 29.7 Å². The number of hydrogen-bond acceptors (Lipinski definition) is 5. The van der Waals surface area contributed by atoms with Gasteiger partial charge in [-0.15, -0.1) is 0 Å². The standard InChI is InChI=1S/C19H20N2O5S/c1-13-12-14(21-10-5-11-27(21,24)25)8-9-17(13)20-18(22)15-6-3-4-7-16(15)19(23)26-2/h3-4,6-9,12H,5,10-11H2,1-2H3,(H,20,22). The predicted octanol–water partition coefficient (Wildman–Crippen LogP) is 2.57. The molecule has 0 bridgehead atoms. The molecule has 0 unspecified atom stereocenters. The highest BCUT2D eigenvalue weighted by Crippen LogP contribution is 2.28. The van der Waals surface area contributed by atoms with Gasteiger partial charge >= 0.3 is 5.97 Å². The van der Waals surface area contributed by atoms with Gasteiger partial charge in [0.1, 0.15) is 0 Å². The summed E-state index contributed by atoms with van der Waals surface area (Å²) in [5.41, 5.74) is 2.22. The van der Waals surface area contributed by atoms with Crippen molar-refractivity contribution in [1.82, 2.24) is 0 Å². The average Bonchev–Trinajstić information content (AvgIpc) is 3.01. The molecule has 0 aromatic heterocycles. The lowest BCUT2D eigenvalue weighted by Crippen LogP contribution is -2.25. The Morgan fingerprint density at radius 1 is 1.11 bits per heavy atom. The average molecular weight is 388 g/mol. The first-order valence-corrected chi connectivity index (χ1v) is 10.0. The lowest BCUT2D eigenvalue weighted by atomic mass is 10.1. The van der Waals surface area contributed by atoms with Gasteiger partial charge in [0, 0.05) is 12.2 Å². The van der Waals surface area contributed by atoms with Gasteiger partial charge < -0.3 is 10.1 Å². The predicted molar refractivity (Wildman–Crippen MR) is 103 cm³/mol. The van der Waals surface area contributed by atoms with Crippen LogP contribution in [0.5, 0.6) is 0 Å². The maximum atomic E-state index is 12.6. The number of hydrogen-bond donors (Lipinski definition) is 1. The fourth-order valence-electron chi connectivity index (χ4n) is 3.03. The minimum atomic E-state index is -3.26.